The predicted octanol–water partition coefficient (Wildman–Crippen LogP) is 2.67. The highest BCUT2D eigenvalue weighted by atomic mass is 127. The van der Waals surface area contributed by atoms with E-state index in [9.17, 15) is 4.79 Å². The zero-order chi connectivity index (χ0) is 17.9. The molecule has 0 unspecified atom stereocenters. The minimum atomic E-state index is -0.0369. The molecular weight excluding hydrogens is 439 g/mol. The molecule has 2 N–H and O–H groups in total. The highest BCUT2D eigenvalue weighted by Gasteiger charge is 2.08. The summed E-state index contributed by atoms with van der Waals surface area (Å²) in [5.74, 6) is 0.659. The number of rotatable bonds is 7. The van der Waals surface area contributed by atoms with Gasteiger partial charge >= 0.3 is 0 Å². The van der Waals surface area contributed by atoms with Crippen molar-refractivity contribution in [3.05, 3.63) is 71.8 Å². The van der Waals surface area contributed by atoms with Crippen LogP contribution in [0.1, 0.15) is 11.1 Å². The van der Waals surface area contributed by atoms with Gasteiger partial charge in [-0.2, -0.15) is 0 Å². The number of nitrogens with one attached hydrogen (secondary N) is 2. The van der Waals surface area contributed by atoms with Crippen molar-refractivity contribution in [3.63, 3.8) is 0 Å². The van der Waals surface area contributed by atoms with Crippen LogP contribution in [-0.2, 0) is 17.8 Å². The van der Waals surface area contributed by atoms with Gasteiger partial charge in [-0.25, -0.2) is 0 Å². The number of benzene rings is 2. The van der Waals surface area contributed by atoms with E-state index in [2.05, 4.69) is 39.9 Å². The van der Waals surface area contributed by atoms with Gasteiger partial charge in [0.15, 0.2) is 5.96 Å². The Bertz CT molecular complexity index is 677. The highest BCUT2D eigenvalue weighted by molar-refractivity contribution is 14.0. The molecule has 2 rings (SSSR count). The molecule has 0 saturated heterocycles. The number of hydrogen-bond donors (Lipinski definition) is 2. The summed E-state index contributed by atoms with van der Waals surface area (Å²) in [6.07, 6.45) is 0.829. The molecular formula is C20H27IN4O. The molecule has 26 heavy (non-hydrogen) atoms. The maximum absolute atomic E-state index is 12.0. The number of halogens is 1. The lowest BCUT2D eigenvalue weighted by Crippen LogP contribution is -2.44. The second-order valence-electron chi connectivity index (χ2n) is 5.83. The Balaban J connectivity index is 0.00000338. The number of aliphatic imine (C=N–C) groups is 1. The van der Waals surface area contributed by atoms with E-state index in [0.29, 0.717) is 12.5 Å². The normalized spacial score (nSPS) is 10.6. The largest absolute Gasteiger partial charge is 0.354 e. The predicted molar refractivity (Wildman–Crippen MR) is 118 cm³/mol. The molecule has 0 fully saturated rings. The van der Waals surface area contributed by atoms with Crippen molar-refractivity contribution in [2.45, 2.75) is 13.0 Å². The molecule has 1 amide bonds. The maximum Gasteiger partial charge on any atom is 0.239 e. The topological polar surface area (TPSA) is 56.7 Å². The first-order valence-corrected chi connectivity index (χ1v) is 8.45. The van der Waals surface area contributed by atoms with Gasteiger partial charge in [0.05, 0.1) is 6.54 Å². The Morgan fingerprint density at radius 1 is 0.962 bits per heavy atom. The van der Waals surface area contributed by atoms with E-state index in [-0.39, 0.29) is 36.4 Å². The average Bonchev–Trinajstić information content (AvgIpc) is 2.64. The fourth-order valence-corrected chi connectivity index (χ4v) is 2.53. The van der Waals surface area contributed by atoms with Crippen LogP contribution in [0.2, 0.25) is 0 Å². The molecule has 6 heteroatoms. The molecule has 0 aliphatic heterocycles. The summed E-state index contributed by atoms with van der Waals surface area (Å²) in [7, 11) is 3.67. The van der Waals surface area contributed by atoms with Crippen molar-refractivity contribution in [2.24, 2.45) is 4.99 Å². The van der Waals surface area contributed by atoms with Gasteiger partial charge in [0, 0.05) is 27.2 Å². The van der Waals surface area contributed by atoms with E-state index < -0.39 is 0 Å². The number of guanidine groups is 1. The maximum atomic E-state index is 12.0. The quantitative estimate of drug-likeness (QED) is 0.375. The zero-order valence-corrected chi connectivity index (χ0v) is 17.6. The van der Waals surface area contributed by atoms with Crippen LogP contribution >= 0.6 is 24.0 Å². The van der Waals surface area contributed by atoms with Crippen LogP contribution in [-0.4, -0.2) is 44.0 Å². The molecule has 0 heterocycles. The third kappa shape index (κ3) is 7.86. The van der Waals surface area contributed by atoms with E-state index in [0.717, 1.165) is 13.0 Å². The second kappa shape index (κ2) is 12.3. The third-order valence-corrected chi connectivity index (χ3v) is 3.82. The van der Waals surface area contributed by atoms with Crippen LogP contribution in [0.15, 0.2) is 65.7 Å². The first-order valence-electron chi connectivity index (χ1n) is 8.45. The second-order valence-corrected chi connectivity index (χ2v) is 5.83. The van der Waals surface area contributed by atoms with Gasteiger partial charge in [-0.3, -0.25) is 9.79 Å². The molecule has 0 bridgehead atoms. The minimum absolute atomic E-state index is 0. The zero-order valence-electron chi connectivity index (χ0n) is 15.3. The molecule has 2 aromatic rings. The Hall–Kier alpha value is -2.09. The molecule has 0 saturated carbocycles. The molecule has 0 spiro atoms. The van der Waals surface area contributed by atoms with Gasteiger partial charge in [-0.05, 0) is 17.5 Å². The van der Waals surface area contributed by atoms with E-state index in [1.165, 1.54) is 11.1 Å². The molecule has 2 aromatic carbocycles. The monoisotopic (exact) mass is 466 g/mol. The number of carbonyl (C=O) groups is 1. The fourth-order valence-electron chi connectivity index (χ4n) is 2.53. The number of nitrogens with zero attached hydrogens (tertiary/aromatic N) is 2. The molecule has 0 aliphatic carbocycles. The van der Waals surface area contributed by atoms with Crippen LogP contribution < -0.4 is 10.6 Å². The van der Waals surface area contributed by atoms with E-state index in [1.807, 2.05) is 48.3 Å². The molecule has 0 atom stereocenters. The van der Waals surface area contributed by atoms with Crippen LogP contribution in [0.3, 0.4) is 0 Å². The Morgan fingerprint density at radius 2 is 1.54 bits per heavy atom. The van der Waals surface area contributed by atoms with Gasteiger partial charge < -0.3 is 15.5 Å². The minimum Gasteiger partial charge on any atom is -0.354 e. The van der Waals surface area contributed by atoms with Crippen LogP contribution in [0.4, 0.5) is 0 Å². The summed E-state index contributed by atoms with van der Waals surface area (Å²) in [5.41, 5.74) is 2.41. The van der Waals surface area contributed by atoms with Crippen molar-refractivity contribution >= 4 is 35.8 Å². The first kappa shape index (κ1) is 22.0. The Kier molecular flexibility index (Phi) is 10.4. The van der Waals surface area contributed by atoms with Crippen molar-refractivity contribution in [1.29, 1.82) is 0 Å². The van der Waals surface area contributed by atoms with Gasteiger partial charge in [0.25, 0.3) is 0 Å². The van der Waals surface area contributed by atoms with Crippen molar-refractivity contribution in [2.75, 3.05) is 27.2 Å². The summed E-state index contributed by atoms with van der Waals surface area (Å²) >= 11 is 0. The van der Waals surface area contributed by atoms with Crippen LogP contribution in [0, 0.1) is 0 Å². The summed E-state index contributed by atoms with van der Waals surface area (Å²) < 4.78 is 0. The lowest BCUT2D eigenvalue weighted by atomic mass is 10.1. The van der Waals surface area contributed by atoms with E-state index >= 15 is 0 Å². The molecule has 0 aromatic heterocycles. The third-order valence-electron chi connectivity index (χ3n) is 3.82. The summed E-state index contributed by atoms with van der Waals surface area (Å²) in [4.78, 5) is 18.2. The Labute approximate surface area is 172 Å². The first-order chi connectivity index (χ1) is 12.2. The van der Waals surface area contributed by atoms with E-state index in [4.69, 9.17) is 0 Å². The van der Waals surface area contributed by atoms with Crippen molar-refractivity contribution < 1.29 is 4.79 Å². The standard InChI is InChI=1S/C20H26N4O.HI/c1-21-20(24(2)16-18-11-7-4-8-12-18)23-15-19(25)22-14-13-17-9-5-3-6-10-17;/h3-12H,13-16H2,1-2H3,(H,21,23)(H,22,25);1H. The average molecular weight is 466 g/mol. The fraction of sp³-hybridized carbons (Fsp3) is 0.300. The van der Waals surface area contributed by atoms with Gasteiger partial charge in [-0.1, -0.05) is 60.7 Å². The SMILES string of the molecule is CN=C(NCC(=O)NCCc1ccccc1)N(C)Cc1ccccc1.I. The molecule has 140 valence electrons. The van der Waals surface area contributed by atoms with Gasteiger partial charge in [0.1, 0.15) is 0 Å². The Morgan fingerprint density at radius 3 is 2.12 bits per heavy atom. The summed E-state index contributed by atoms with van der Waals surface area (Å²) in [6.45, 7) is 1.57. The van der Waals surface area contributed by atoms with Gasteiger partial charge in [-0.15, -0.1) is 24.0 Å². The van der Waals surface area contributed by atoms with Crippen molar-refractivity contribution in [1.82, 2.24) is 15.5 Å². The molecule has 0 aliphatic rings. The molecule has 5 nitrogen and oxygen atoms in total. The number of hydrogen-bond acceptors (Lipinski definition) is 2. The van der Waals surface area contributed by atoms with E-state index in [1.54, 1.807) is 7.05 Å². The van der Waals surface area contributed by atoms with Crippen LogP contribution in [0.5, 0.6) is 0 Å². The lowest BCUT2D eigenvalue weighted by molar-refractivity contribution is -0.120. The smallest absolute Gasteiger partial charge is 0.239 e. The number of carbonyl (C=O) groups excluding carboxylic acids is 1. The number of amides is 1. The summed E-state index contributed by atoms with van der Waals surface area (Å²) in [6, 6.07) is 20.3. The van der Waals surface area contributed by atoms with Crippen molar-refractivity contribution in [3.8, 4) is 0 Å². The van der Waals surface area contributed by atoms with Gasteiger partial charge in [0.2, 0.25) is 5.91 Å². The summed E-state index contributed by atoms with van der Waals surface area (Å²) in [5, 5.41) is 6.03. The highest BCUT2D eigenvalue weighted by Crippen LogP contribution is 2.02. The lowest BCUT2D eigenvalue weighted by Gasteiger charge is -2.22. The molecule has 0 radical (unpaired) electrons. The van der Waals surface area contributed by atoms with Crippen LogP contribution in [0.25, 0.3) is 0 Å².